The summed E-state index contributed by atoms with van der Waals surface area (Å²) in [5.74, 6) is -0.118. The first-order valence-corrected chi connectivity index (χ1v) is 9.36. The summed E-state index contributed by atoms with van der Waals surface area (Å²) < 4.78 is 11.9. The Bertz CT molecular complexity index is 992. The number of ether oxygens (including phenoxy) is 1. The van der Waals surface area contributed by atoms with E-state index in [-0.39, 0.29) is 30.1 Å². The van der Waals surface area contributed by atoms with Gasteiger partial charge in [-0.05, 0) is 20.3 Å². The molecule has 0 aliphatic heterocycles. The lowest BCUT2D eigenvalue weighted by atomic mass is 10.1. The Morgan fingerprint density at radius 2 is 2.07 bits per heavy atom. The van der Waals surface area contributed by atoms with Crippen molar-refractivity contribution in [2.24, 2.45) is 0 Å². The van der Waals surface area contributed by atoms with E-state index in [1.807, 2.05) is 38.1 Å². The molecule has 148 valence electrons. The highest BCUT2D eigenvalue weighted by atomic mass is 16.5. The largest absolute Gasteiger partial charge is 0.382 e. The van der Waals surface area contributed by atoms with Crippen LogP contribution in [0, 0.1) is 6.92 Å². The molecule has 2 aromatic heterocycles. The Labute approximate surface area is 162 Å². The van der Waals surface area contributed by atoms with Crippen LogP contribution in [-0.4, -0.2) is 40.4 Å². The fraction of sp³-hybridized carbons (Fsp3) is 0.400. The van der Waals surface area contributed by atoms with Crippen LogP contribution in [0.4, 0.5) is 0 Å². The van der Waals surface area contributed by atoms with Gasteiger partial charge in [-0.1, -0.05) is 35.0 Å². The van der Waals surface area contributed by atoms with E-state index in [0.29, 0.717) is 30.8 Å². The van der Waals surface area contributed by atoms with Crippen molar-refractivity contribution in [3.8, 4) is 11.3 Å². The number of hydrogen-bond donors (Lipinski definition) is 1. The molecule has 0 saturated heterocycles. The second kappa shape index (κ2) is 9.27. The predicted octanol–water partition coefficient (Wildman–Crippen LogP) is 2.29. The molecule has 1 aromatic carbocycles. The van der Waals surface area contributed by atoms with Crippen LogP contribution < -0.4 is 10.9 Å². The molecule has 0 aliphatic carbocycles. The third-order valence-corrected chi connectivity index (χ3v) is 4.36. The molecule has 2 heterocycles. The molecule has 1 N–H and O–H groups in total. The van der Waals surface area contributed by atoms with Crippen molar-refractivity contribution in [2.75, 3.05) is 19.8 Å². The number of carbonyl (C=O) groups is 1. The molecule has 3 rings (SSSR count). The summed E-state index contributed by atoms with van der Waals surface area (Å²) in [4.78, 5) is 29.0. The summed E-state index contributed by atoms with van der Waals surface area (Å²) in [6, 6.07) is 7.67. The van der Waals surface area contributed by atoms with Gasteiger partial charge in [-0.25, -0.2) is 4.98 Å². The van der Waals surface area contributed by atoms with Gasteiger partial charge < -0.3 is 14.6 Å². The molecular weight excluding hydrogens is 360 g/mol. The number of fused-ring (bicyclic) bond motifs is 1. The lowest BCUT2D eigenvalue weighted by Gasteiger charge is -2.07. The summed E-state index contributed by atoms with van der Waals surface area (Å²) in [7, 11) is 0. The van der Waals surface area contributed by atoms with E-state index in [4.69, 9.17) is 9.26 Å². The average Bonchev–Trinajstić information content (AvgIpc) is 3.13. The molecule has 3 aromatic rings. The van der Waals surface area contributed by atoms with Gasteiger partial charge in [0.2, 0.25) is 5.91 Å². The Morgan fingerprint density at radius 3 is 2.82 bits per heavy atom. The Morgan fingerprint density at radius 1 is 1.29 bits per heavy atom. The molecule has 1 amide bonds. The normalized spacial score (nSPS) is 11.1. The van der Waals surface area contributed by atoms with Gasteiger partial charge in [-0.3, -0.25) is 14.2 Å². The molecule has 0 fully saturated rings. The quantitative estimate of drug-likeness (QED) is 0.568. The molecule has 0 unspecified atom stereocenters. The second-order valence-corrected chi connectivity index (χ2v) is 6.47. The number of benzene rings is 1. The summed E-state index contributed by atoms with van der Waals surface area (Å²) in [5.41, 5.74) is 2.28. The summed E-state index contributed by atoms with van der Waals surface area (Å²) >= 11 is 0. The van der Waals surface area contributed by atoms with E-state index in [2.05, 4.69) is 15.5 Å². The van der Waals surface area contributed by atoms with Crippen molar-refractivity contribution in [3.63, 3.8) is 0 Å². The van der Waals surface area contributed by atoms with E-state index in [1.54, 1.807) is 0 Å². The number of hydrogen-bond acceptors (Lipinski definition) is 6. The Balaban J connectivity index is 1.70. The van der Waals surface area contributed by atoms with Crippen LogP contribution >= 0.6 is 0 Å². The zero-order valence-corrected chi connectivity index (χ0v) is 16.1. The maximum absolute atomic E-state index is 12.9. The number of carbonyl (C=O) groups excluding carboxylic acids is 1. The highest BCUT2D eigenvalue weighted by Crippen LogP contribution is 2.24. The minimum absolute atomic E-state index is 0.118. The molecular formula is C20H24N4O4. The van der Waals surface area contributed by atoms with E-state index in [9.17, 15) is 9.59 Å². The van der Waals surface area contributed by atoms with Crippen molar-refractivity contribution in [1.29, 1.82) is 0 Å². The molecule has 0 aliphatic rings. The lowest BCUT2D eigenvalue weighted by molar-refractivity contribution is -0.121. The smallest absolute Gasteiger partial charge is 0.266 e. The first kappa shape index (κ1) is 19.8. The monoisotopic (exact) mass is 384 g/mol. The van der Waals surface area contributed by atoms with Crippen LogP contribution in [0.2, 0.25) is 0 Å². The highest BCUT2D eigenvalue weighted by molar-refractivity contribution is 5.88. The van der Waals surface area contributed by atoms with Gasteiger partial charge in [0, 0.05) is 38.3 Å². The van der Waals surface area contributed by atoms with Gasteiger partial charge in [-0.15, -0.1) is 0 Å². The molecule has 28 heavy (non-hydrogen) atoms. The van der Waals surface area contributed by atoms with Gasteiger partial charge in [0.25, 0.3) is 11.3 Å². The Kier molecular flexibility index (Phi) is 6.54. The van der Waals surface area contributed by atoms with Crippen LogP contribution in [0.1, 0.15) is 25.3 Å². The first-order valence-electron chi connectivity index (χ1n) is 9.36. The third kappa shape index (κ3) is 4.64. The fourth-order valence-corrected chi connectivity index (χ4v) is 2.81. The fourth-order valence-electron chi connectivity index (χ4n) is 2.81. The van der Waals surface area contributed by atoms with Crippen LogP contribution in [0.3, 0.4) is 0 Å². The molecule has 0 radical (unpaired) electrons. The van der Waals surface area contributed by atoms with Crippen molar-refractivity contribution in [2.45, 2.75) is 33.2 Å². The van der Waals surface area contributed by atoms with E-state index < -0.39 is 0 Å². The van der Waals surface area contributed by atoms with Crippen molar-refractivity contribution < 1.29 is 14.1 Å². The van der Waals surface area contributed by atoms with Crippen molar-refractivity contribution >= 4 is 17.0 Å². The molecule has 8 nitrogen and oxygen atoms in total. The van der Waals surface area contributed by atoms with Crippen LogP contribution in [0.15, 0.2) is 39.9 Å². The zero-order chi connectivity index (χ0) is 19.9. The number of amides is 1. The van der Waals surface area contributed by atoms with E-state index in [1.165, 1.54) is 10.9 Å². The highest BCUT2D eigenvalue weighted by Gasteiger charge is 2.17. The third-order valence-electron chi connectivity index (χ3n) is 4.36. The van der Waals surface area contributed by atoms with Gasteiger partial charge in [0.1, 0.15) is 17.4 Å². The lowest BCUT2D eigenvalue weighted by Crippen LogP contribution is -2.28. The van der Waals surface area contributed by atoms with Gasteiger partial charge in [0.05, 0.1) is 0 Å². The zero-order valence-electron chi connectivity index (χ0n) is 16.1. The molecule has 0 bridgehead atoms. The van der Waals surface area contributed by atoms with E-state index in [0.717, 1.165) is 17.5 Å². The maximum atomic E-state index is 12.9. The van der Waals surface area contributed by atoms with Gasteiger partial charge >= 0.3 is 0 Å². The average molecular weight is 384 g/mol. The minimum atomic E-state index is -0.272. The number of aromatic nitrogens is 3. The molecule has 0 saturated carbocycles. The second-order valence-electron chi connectivity index (χ2n) is 6.47. The standard InChI is InChI=1S/C20H24N4O4/c1-3-27-12-4-10-21-16(25)9-11-24-13-22-19-17(20(24)26)18(23-28-19)15-7-5-14(2)6-8-15/h5-8,13H,3-4,9-12H2,1-2H3,(H,21,25). The van der Waals surface area contributed by atoms with Gasteiger partial charge in [0.15, 0.2) is 0 Å². The summed E-state index contributed by atoms with van der Waals surface area (Å²) in [6.45, 7) is 5.99. The number of aryl methyl sites for hydroxylation is 2. The van der Waals surface area contributed by atoms with Crippen LogP contribution in [0.5, 0.6) is 0 Å². The van der Waals surface area contributed by atoms with Crippen LogP contribution in [-0.2, 0) is 16.1 Å². The van der Waals surface area contributed by atoms with Crippen LogP contribution in [0.25, 0.3) is 22.4 Å². The minimum Gasteiger partial charge on any atom is -0.382 e. The van der Waals surface area contributed by atoms with E-state index >= 15 is 0 Å². The molecule has 0 spiro atoms. The first-order chi connectivity index (χ1) is 13.6. The number of nitrogens with zero attached hydrogens (tertiary/aromatic N) is 3. The Hall–Kier alpha value is -3.00. The topological polar surface area (TPSA) is 99.2 Å². The van der Waals surface area contributed by atoms with Gasteiger partial charge in [-0.2, -0.15) is 0 Å². The summed E-state index contributed by atoms with van der Waals surface area (Å²) in [6.07, 6.45) is 2.33. The summed E-state index contributed by atoms with van der Waals surface area (Å²) in [5, 5.41) is 7.16. The SMILES string of the molecule is CCOCCCNC(=O)CCn1cnc2onc(-c3ccc(C)cc3)c2c1=O. The predicted molar refractivity (Wildman–Crippen MR) is 105 cm³/mol. The molecule has 0 atom stereocenters. The van der Waals surface area contributed by atoms with Crippen molar-refractivity contribution in [3.05, 3.63) is 46.5 Å². The maximum Gasteiger partial charge on any atom is 0.266 e. The molecule has 8 heteroatoms. The van der Waals surface area contributed by atoms with Crippen molar-refractivity contribution in [1.82, 2.24) is 20.0 Å². The number of rotatable bonds is 9. The number of nitrogens with one attached hydrogen (secondary N) is 1.